The van der Waals surface area contributed by atoms with E-state index in [9.17, 15) is 14.4 Å². The topological polar surface area (TPSA) is 64.3 Å². The number of hydrogen-bond donors (Lipinski definition) is 0. The molecule has 2 aromatic carbocycles. The Bertz CT molecular complexity index is 1120. The summed E-state index contributed by atoms with van der Waals surface area (Å²) in [5.41, 5.74) is 0.453. The zero-order valence-electron chi connectivity index (χ0n) is 15.2. The van der Waals surface area contributed by atoms with Crippen LogP contribution in [-0.2, 0) is 24.4 Å². The molecule has 1 aromatic heterocycles. The van der Waals surface area contributed by atoms with Crippen molar-refractivity contribution in [2.45, 2.75) is 26.6 Å². The number of benzene rings is 2. The van der Waals surface area contributed by atoms with E-state index < -0.39 is 5.69 Å². The molecule has 0 aliphatic rings. The van der Waals surface area contributed by atoms with Crippen LogP contribution in [0.3, 0.4) is 0 Å². The molecule has 0 aliphatic carbocycles. The van der Waals surface area contributed by atoms with E-state index in [4.69, 9.17) is 11.6 Å². The first-order chi connectivity index (χ1) is 12.9. The number of para-hydroxylation sites is 1. The second-order valence-corrected chi connectivity index (χ2v) is 6.68. The molecule has 0 aliphatic heterocycles. The normalized spacial score (nSPS) is 10.9. The maximum absolute atomic E-state index is 12.7. The first-order valence-corrected chi connectivity index (χ1v) is 9.01. The summed E-state index contributed by atoms with van der Waals surface area (Å²) in [4.78, 5) is 39.5. The van der Waals surface area contributed by atoms with Gasteiger partial charge in [0.25, 0.3) is 5.56 Å². The van der Waals surface area contributed by atoms with Gasteiger partial charge in [0, 0.05) is 25.2 Å². The van der Waals surface area contributed by atoms with Crippen molar-refractivity contribution >= 4 is 28.4 Å². The van der Waals surface area contributed by atoms with Gasteiger partial charge in [-0.1, -0.05) is 41.9 Å². The number of carbonyl (C=O) groups is 1. The van der Waals surface area contributed by atoms with Crippen LogP contribution in [0.15, 0.2) is 58.1 Å². The van der Waals surface area contributed by atoms with Gasteiger partial charge in [-0.3, -0.25) is 18.7 Å². The summed E-state index contributed by atoms with van der Waals surface area (Å²) in [5, 5.41) is 1.000. The Kier molecular flexibility index (Phi) is 5.46. The monoisotopic (exact) mass is 385 g/mol. The maximum atomic E-state index is 12.7. The molecule has 140 valence electrons. The Balaban J connectivity index is 1.96. The zero-order valence-corrected chi connectivity index (χ0v) is 15.9. The summed E-state index contributed by atoms with van der Waals surface area (Å²) in [6.07, 6.45) is 0. The number of nitrogens with zero attached hydrogens (tertiary/aromatic N) is 3. The minimum atomic E-state index is -0.485. The van der Waals surface area contributed by atoms with Crippen LogP contribution in [0.2, 0.25) is 5.02 Å². The van der Waals surface area contributed by atoms with Crippen LogP contribution in [0.25, 0.3) is 10.9 Å². The molecule has 0 N–H and O–H groups in total. The minimum Gasteiger partial charge on any atom is -0.340 e. The van der Waals surface area contributed by atoms with E-state index in [0.717, 1.165) is 10.1 Å². The van der Waals surface area contributed by atoms with Crippen molar-refractivity contribution in [1.29, 1.82) is 0 Å². The Labute approximate surface area is 161 Å². The van der Waals surface area contributed by atoms with Gasteiger partial charge in [-0.2, -0.15) is 0 Å². The summed E-state index contributed by atoms with van der Waals surface area (Å²) < 4.78 is 2.50. The first-order valence-electron chi connectivity index (χ1n) is 8.63. The highest BCUT2D eigenvalue weighted by Crippen LogP contribution is 2.16. The molecule has 0 atom stereocenters. The van der Waals surface area contributed by atoms with Crippen molar-refractivity contribution in [3.05, 3.63) is 80.0 Å². The third kappa shape index (κ3) is 3.66. The molecule has 0 saturated heterocycles. The average molecular weight is 386 g/mol. The van der Waals surface area contributed by atoms with Crippen molar-refractivity contribution in [2.24, 2.45) is 0 Å². The molecule has 27 heavy (non-hydrogen) atoms. The number of hydrogen-bond acceptors (Lipinski definition) is 3. The average Bonchev–Trinajstić information content (AvgIpc) is 2.67. The molecule has 7 heteroatoms. The molecule has 0 spiro atoms. The number of fused-ring (bicyclic) bond motifs is 1. The number of amides is 1. The van der Waals surface area contributed by atoms with E-state index in [1.165, 1.54) is 9.47 Å². The Hall–Kier alpha value is -2.86. The van der Waals surface area contributed by atoms with Crippen molar-refractivity contribution in [3.8, 4) is 0 Å². The second-order valence-electron chi connectivity index (χ2n) is 6.28. The van der Waals surface area contributed by atoms with E-state index in [2.05, 4.69) is 0 Å². The Morgan fingerprint density at radius 3 is 2.41 bits per heavy atom. The van der Waals surface area contributed by atoms with Gasteiger partial charge in [0.05, 0.1) is 10.9 Å². The molecule has 0 bridgehead atoms. The molecule has 0 radical (unpaired) electrons. The lowest BCUT2D eigenvalue weighted by atomic mass is 10.2. The number of carbonyl (C=O) groups excluding carboxylic acids is 1. The van der Waals surface area contributed by atoms with E-state index >= 15 is 0 Å². The van der Waals surface area contributed by atoms with Crippen LogP contribution >= 0.6 is 11.6 Å². The summed E-state index contributed by atoms with van der Waals surface area (Å²) in [6.45, 7) is 2.15. The predicted octanol–water partition coefficient (Wildman–Crippen LogP) is 2.50. The van der Waals surface area contributed by atoms with Crippen LogP contribution in [-0.4, -0.2) is 27.0 Å². The van der Waals surface area contributed by atoms with Gasteiger partial charge in [-0.25, -0.2) is 4.79 Å². The fourth-order valence-corrected chi connectivity index (χ4v) is 3.22. The highest BCUT2D eigenvalue weighted by atomic mass is 35.5. The molecular formula is C20H20ClN3O3. The predicted molar refractivity (Wildman–Crippen MR) is 106 cm³/mol. The zero-order chi connectivity index (χ0) is 19.6. The van der Waals surface area contributed by atoms with Crippen molar-refractivity contribution in [1.82, 2.24) is 14.0 Å². The molecule has 6 nitrogen and oxygen atoms in total. The number of aromatic nitrogens is 2. The summed E-state index contributed by atoms with van der Waals surface area (Å²) in [6, 6.07) is 14.1. The van der Waals surface area contributed by atoms with Crippen LogP contribution in [0.5, 0.6) is 0 Å². The number of rotatable bonds is 5. The van der Waals surface area contributed by atoms with Gasteiger partial charge in [0.1, 0.15) is 6.54 Å². The fourth-order valence-electron chi connectivity index (χ4n) is 3.03. The van der Waals surface area contributed by atoms with E-state index in [1.54, 1.807) is 44.3 Å². The lowest BCUT2D eigenvalue weighted by Crippen LogP contribution is -2.42. The standard InChI is InChI=1S/C20H20ClN3O3/c1-3-23-19(26)15-9-5-7-11-17(15)24(20(23)27)13-18(25)22(2)12-14-8-4-6-10-16(14)21/h4-11H,3,12-13H2,1-2H3. The van der Waals surface area contributed by atoms with Crippen LogP contribution < -0.4 is 11.2 Å². The molecule has 3 aromatic rings. The van der Waals surface area contributed by atoms with Crippen molar-refractivity contribution in [3.63, 3.8) is 0 Å². The van der Waals surface area contributed by atoms with Gasteiger partial charge < -0.3 is 4.90 Å². The third-order valence-corrected chi connectivity index (χ3v) is 4.90. The second kappa shape index (κ2) is 7.80. The third-order valence-electron chi connectivity index (χ3n) is 4.53. The van der Waals surface area contributed by atoms with Crippen molar-refractivity contribution < 1.29 is 4.79 Å². The van der Waals surface area contributed by atoms with Crippen molar-refractivity contribution in [2.75, 3.05) is 7.05 Å². The maximum Gasteiger partial charge on any atom is 0.331 e. The lowest BCUT2D eigenvalue weighted by molar-refractivity contribution is -0.131. The summed E-state index contributed by atoms with van der Waals surface area (Å²) in [7, 11) is 1.66. The summed E-state index contributed by atoms with van der Waals surface area (Å²) >= 11 is 6.16. The highest BCUT2D eigenvalue weighted by Gasteiger charge is 2.17. The molecule has 0 saturated carbocycles. The molecule has 3 rings (SSSR count). The van der Waals surface area contributed by atoms with Gasteiger partial charge in [0.2, 0.25) is 5.91 Å². The van der Waals surface area contributed by atoms with Gasteiger partial charge in [-0.15, -0.1) is 0 Å². The van der Waals surface area contributed by atoms with E-state index in [0.29, 0.717) is 22.5 Å². The Morgan fingerprint density at radius 1 is 1.04 bits per heavy atom. The van der Waals surface area contributed by atoms with Crippen LogP contribution in [0.1, 0.15) is 12.5 Å². The van der Waals surface area contributed by atoms with E-state index in [-0.39, 0.29) is 24.6 Å². The largest absolute Gasteiger partial charge is 0.340 e. The van der Waals surface area contributed by atoms with Gasteiger partial charge >= 0.3 is 5.69 Å². The van der Waals surface area contributed by atoms with Crippen LogP contribution in [0, 0.1) is 0 Å². The molecule has 1 amide bonds. The minimum absolute atomic E-state index is 0.152. The van der Waals surface area contributed by atoms with Gasteiger partial charge in [-0.05, 0) is 30.7 Å². The SMILES string of the molecule is CCn1c(=O)c2ccccc2n(CC(=O)N(C)Cc2ccccc2Cl)c1=O. The number of halogens is 1. The first kappa shape index (κ1) is 18.9. The smallest absolute Gasteiger partial charge is 0.331 e. The molecular weight excluding hydrogens is 366 g/mol. The quantitative estimate of drug-likeness (QED) is 0.677. The van der Waals surface area contributed by atoms with Gasteiger partial charge in [0.15, 0.2) is 0 Å². The van der Waals surface area contributed by atoms with E-state index in [1.807, 2.05) is 18.2 Å². The Morgan fingerprint density at radius 2 is 1.70 bits per heavy atom. The highest BCUT2D eigenvalue weighted by molar-refractivity contribution is 6.31. The molecule has 1 heterocycles. The fraction of sp³-hybridized carbons (Fsp3) is 0.250. The molecule has 0 fully saturated rings. The number of likely N-dealkylation sites (N-methyl/N-ethyl adjacent to an activating group) is 1. The van der Waals surface area contributed by atoms with Crippen LogP contribution in [0.4, 0.5) is 0 Å². The lowest BCUT2D eigenvalue weighted by Gasteiger charge is -2.20. The molecule has 0 unspecified atom stereocenters. The summed E-state index contributed by atoms with van der Waals surface area (Å²) in [5.74, 6) is -0.247.